The minimum atomic E-state index is -0.439. The first-order valence-corrected chi connectivity index (χ1v) is 7.85. The van der Waals surface area contributed by atoms with Gasteiger partial charge in [-0.15, -0.1) is 0 Å². The van der Waals surface area contributed by atoms with E-state index >= 15 is 0 Å². The van der Waals surface area contributed by atoms with Crippen molar-refractivity contribution in [3.63, 3.8) is 0 Å². The van der Waals surface area contributed by atoms with Crippen LogP contribution in [-0.4, -0.2) is 19.0 Å². The Morgan fingerprint density at radius 2 is 2.19 bits per heavy atom. The summed E-state index contributed by atoms with van der Waals surface area (Å²) in [6.45, 7) is 4.62. The summed E-state index contributed by atoms with van der Waals surface area (Å²) in [7, 11) is 0. The molecular formula is C16H22ClFN2O. The number of carbonyl (C=O) groups excluding carboxylic acids is 1. The number of amides is 1. The van der Waals surface area contributed by atoms with Crippen molar-refractivity contribution in [1.29, 1.82) is 0 Å². The molecule has 1 aromatic rings. The van der Waals surface area contributed by atoms with E-state index < -0.39 is 5.82 Å². The van der Waals surface area contributed by atoms with Crippen LogP contribution in [0.4, 0.5) is 4.39 Å². The molecule has 0 radical (unpaired) electrons. The topological polar surface area (TPSA) is 41.1 Å². The molecule has 2 N–H and O–H groups in total. The normalized spacial score (nSPS) is 17.5. The molecule has 0 saturated carbocycles. The second kappa shape index (κ2) is 7.76. The molecule has 0 aliphatic carbocycles. The molecule has 1 saturated heterocycles. The molecule has 5 heteroatoms. The van der Waals surface area contributed by atoms with Crippen molar-refractivity contribution in [2.75, 3.05) is 13.1 Å². The first-order valence-electron chi connectivity index (χ1n) is 7.47. The van der Waals surface area contributed by atoms with Crippen molar-refractivity contribution in [2.24, 2.45) is 11.8 Å². The quantitative estimate of drug-likeness (QED) is 0.877. The van der Waals surface area contributed by atoms with Gasteiger partial charge < -0.3 is 10.6 Å². The fourth-order valence-corrected chi connectivity index (χ4v) is 3.00. The molecular weight excluding hydrogens is 291 g/mol. The fraction of sp³-hybridized carbons (Fsp3) is 0.562. The highest BCUT2D eigenvalue weighted by Gasteiger charge is 2.21. The van der Waals surface area contributed by atoms with E-state index in [-0.39, 0.29) is 10.9 Å². The Morgan fingerprint density at radius 3 is 2.86 bits per heavy atom. The first kappa shape index (κ1) is 16.2. The number of rotatable bonds is 5. The summed E-state index contributed by atoms with van der Waals surface area (Å²) in [6.07, 6.45) is 2.82. The van der Waals surface area contributed by atoms with Gasteiger partial charge in [-0.25, -0.2) is 4.39 Å². The minimum absolute atomic E-state index is 0.0430. The summed E-state index contributed by atoms with van der Waals surface area (Å²) in [5.74, 6) is 0.619. The molecule has 0 spiro atoms. The van der Waals surface area contributed by atoms with Crippen molar-refractivity contribution in [3.8, 4) is 0 Å². The SMILES string of the molecule is CC(CC(=O)NCc1ccc(F)c(Cl)c1)C1CCNCC1. The Balaban J connectivity index is 1.77. The van der Waals surface area contributed by atoms with Crippen molar-refractivity contribution in [3.05, 3.63) is 34.6 Å². The molecule has 1 fully saturated rings. The van der Waals surface area contributed by atoms with Crippen molar-refractivity contribution >= 4 is 17.5 Å². The molecule has 1 aliphatic heterocycles. The fourth-order valence-electron chi connectivity index (χ4n) is 2.79. The molecule has 1 unspecified atom stereocenters. The molecule has 0 bridgehead atoms. The van der Waals surface area contributed by atoms with Gasteiger partial charge in [-0.3, -0.25) is 4.79 Å². The van der Waals surface area contributed by atoms with Crippen LogP contribution in [0.3, 0.4) is 0 Å². The number of hydrogen-bond acceptors (Lipinski definition) is 2. The highest BCUT2D eigenvalue weighted by molar-refractivity contribution is 6.30. The molecule has 1 heterocycles. The highest BCUT2D eigenvalue weighted by atomic mass is 35.5. The number of nitrogens with one attached hydrogen (secondary N) is 2. The summed E-state index contributed by atoms with van der Waals surface area (Å²) >= 11 is 5.72. The van der Waals surface area contributed by atoms with Crippen LogP contribution in [0.2, 0.25) is 5.02 Å². The van der Waals surface area contributed by atoms with Crippen molar-refractivity contribution < 1.29 is 9.18 Å². The maximum atomic E-state index is 13.1. The Hall–Kier alpha value is -1.13. The van der Waals surface area contributed by atoms with Crippen LogP contribution in [0.25, 0.3) is 0 Å². The van der Waals surface area contributed by atoms with Gasteiger partial charge in [0.25, 0.3) is 0 Å². The standard InChI is InChI=1S/C16H22ClFN2O/c1-11(13-4-6-19-7-5-13)8-16(21)20-10-12-2-3-15(18)14(17)9-12/h2-3,9,11,13,19H,4-8,10H2,1H3,(H,20,21). The van der Waals surface area contributed by atoms with E-state index in [2.05, 4.69) is 17.6 Å². The van der Waals surface area contributed by atoms with E-state index in [1.807, 2.05) is 0 Å². The van der Waals surface area contributed by atoms with E-state index in [0.717, 1.165) is 31.5 Å². The van der Waals surface area contributed by atoms with Gasteiger partial charge in [0.05, 0.1) is 5.02 Å². The van der Waals surface area contributed by atoms with Gasteiger partial charge in [0.15, 0.2) is 0 Å². The predicted octanol–water partition coefficient (Wildman–Crippen LogP) is 3.12. The predicted molar refractivity (Wildman–Crippen MR) is 82.6 cm³/mol. The second-order valence-corrected chi connectivity index (χ2v) is 6.20. The minimum Gasteiger partial charge on any atom is -0.352 e. The number of piperidine rings is 1. The maximum Gasteiger partial charge on any atom is 0.220 e. The molecule has 1 atom stereocenters. The molecule has 1 amide bonds. The Bertz CT molecular complexity index is 489. The molecule has 1 aromatic carbocycles. The summed E-state index contributed by atoms with van der Waals surface area (Å²) in [4.78, 5) is 12.0. The van der Waals surface area contributed by atoms with Gasteiger partial charge in [0, 0.05) is 13.0 Å². The zero-order valence-electron chi connectivity index (χ0n) is 12.3. The van der Waals surface area contributed by atoms with Gasteiger partial charge in [-0.1, -0.05) is 24.6 Å². The van der Waals surface area contributed by atoms with Crippen LogP contribution in [0.1, 0.15) is 31.7 Å². The average molecular weight is 313 g/mol. The zero-order valence-corrected chi connectivity index (χ0v) is 13.0. The monoisotopic (exact) mass is 312 g/mol. The van der Waals surface area contributed by atoms with Crippen LogP contribution >= 0.6 is 11.6 Å². The third-order valence-corrected chi connectivity index (χ3v) is 4.46. The Kier molecular flexibility index (Phi) is 6.00. The van der Waals surface area contributed by atoms with Crippen LogP contribution in [0, 0.1) is 17.7 Å². The van der Waals surface area contributed by atoms with E-state index in [4.69, 9.17) is 11.6 Å². The van der Waals surface area contributed by atoms with Crippen LogP contribution in [0.5, 0.6) is 0 Å². The molecule has 1 aliphatic rings. The summed E-state index contributed by atoms with van der Waals surface area (Å²) in [5.41, 5.74) is 0.810. The lowest BCUT2D eigenvalue weighted by Crippen LogP contribution is -2.33. The highest BCUT2D eigenvalue weighted by Crippen LogP contribution is 2.24. The number of halogens is 2. The van der Waals surface area contributed by atoms with Crippen molar-refractivity contribution in [1.82, 2.24) is 10.6 Å². The summed E-state index contributed by atoms with van der Waals surface area (Å²) < 4.78 is 13.1. The first-order chi connectivity index (χ1) is 10.1. The lowest BCUT2D eigenvalue weighted by molar-refractivity contribution is -0.122. The number of carbonyl (C=O) groups is 1. The van der Waals surface area contributed by atoms with Crippen molar-refractivity contribution in [2.45, 2.75) is 32.7 Å². The van der Waals surface area contributed by atoms with Gasteiger partial charge in [0.1, 0.15) is 5.82 Å². The number of hydrogen-bond donors (Lipinski definition) is 2. The molecule has 3 nitrogen and oxygen atoms in total. The largest absolute Gasteiger partial charge is 0.352 e. The Morgan fingerprint density at radius 1 is 1.48 bits per heavy atom. The maximum absolute atomic E-state index is 13.1. The van der Waals surface area contributed by atoms with Crippen LogP contribution in [-0.2, 0) is 11.3 Å². The van der Waals surface area contributed by atoms with Gasteiger partial charge in [-0.2, -0.15) is 0 Å². The number of benzene rings is 1. The summed E-state index contributed by atoms with van der Waals surface area (Å²) in [5, 5.41) is 6.30. The third-order valence-electron chi connectivity index (χ3n) is 4.17. The van der Waals surface area contributed by atoms with Gasteiger partial charge >= 0.3 is 0 Å². The van der Waals surface area contributed by atoms with E-state index in [0.29, 0.717) is 24.8 Å². The van der Waals surface area contributed by atoms with Crippen LogP contribution in [0.15, 0.2) is 18.2 Å². The summed E-state index contributed by atoms with van der Waals surface area (Å²) in [6, 6.07) is 4.51. The smallest absolute Gasteiger partial charge is 0.220 e. The van der Waals surface area contributed by atoms with Gasteiger partial charge in [-0.05, 0) is 55.5 Å². The van der Waals surface area contributed by atoms with E-state index in [1.165, 1.54) is 6.07 Å². The molecule has 116 valence electrons. The molecule has 21 heavy (non-hydrogen) atoms. The lowest BCUT2D eigenvalue weighted by Gasteiger charge is -2.27. The Labute approximate surface area is 130 Å². The lowest BCUT2D eigenvalue weighted by atomic mass is 9.84. The van der Waals surface area contributed by atoms with E-state index in [9.17, 15) is 9.18 Å². The average Bonchev–Trinajstić information content (AvgIpc) is 2.49. The van der Waals surface area contributed by atoms with E-state index in [1.54, 1.807) is 12.1 Å². The zero-order chi connectivity index (χ0) is 15.2. The van der Waals surface area contributed by atoms with Gasteiger partial charge in [0.2, 0.25) is 5.91 Å². The molecule has 0 aromatic heterocycles. The molecule has 2 rings (SSSR count). The third kappa shape index (κ3) is 4.97. The second-order valence-electron chi connectivity index (χ2n) is 5.79. The van der Waals surface area contributed by atoms with Crippen LogP contribution < -0.4 is 10.6 Å².